The molecule has 9 atom stereocenters. The number of phosphoric acid groups is 3. The van der Waals surface area contributed by atoms with Gasteiger partial charge in [-0.3, -0.25) is 23.2 Å². The van der Waals surface area contributed by atoms with Crippen LogP contribution in [0.1, 0.15) is 157 Å². The van der Waals surface area contributed by atoms with Crippen LogP contribution in [-0.4, -0.2) is 132 Å². The highest BCUT2D eigenvalue weighted by atomic mass is 31.3. The lowest BCUT2D eigenvalue weighted by atomic mass is 9.77. The molecule has 25 nitrogen and oxygen atoms in total. The predicted molar refractivity (Wildman–Crippen MR) is 314 cm³/mol. The van der Waals surface area contributed by atoms with Crippen molar-refractivity contribution >= 4 is 63.5 Å². The number of carbonyl (C=O) groups excluding carboxylic acids is 2. The molecule has 0 spiro atoms. The molecule has 0 aliphatic carbocycles. The molecule has 9 rings (SSSR count). The van der Waals surface area contributed by atoms with Crippen LogP contribution >= 0.6 is 23.5 Å². The third-order valence-corrected chi connectivity index (χ3v) is 20.7. The fraction of sp³-hybridized carbons (Fsp3) is 0.544. The Labute approximate surface area is 493 Å². The van der Waals surface area contributed by atoms with Gasteiger partial charge in [-0.15, -0.1) is 0 Å². The first-order chi connectivity index (χ1) is 40.1. The number of aliphatic hydroxyl groups is 2. The lowest BCUT2D eigenvalue weighted by Gasteiger charge is -2.47. The van der Waals surface area contributed by atoms with Crippen LogP contribution < -0.4 is 40.7 Å². The molecule has 1 saturated heterocycles. The summed E-state index contributed by atoms with van der Waals surface area (Å²) >= 11 is 0. The van der Waals surface area contributed by atoms with E-state index < -0.39 is 61.2 Å². The van der Waals surface area contributed by atoms with Gasteiger partial charge in [0.05, 0.1) is 25.6 Å². The number of carbonyl (C=O) groups is 2. The molecule has 5 aromatic rings. The number of imidazole rings is 1. The maximum Gasteiger partial charge on any atom is 0.487 e. The number of nitrogens with zero attached hydrogens (tertiary/aromatic N) is 7. The van der Waals surface area contributed by atoms with Gasteiger partial charge in [0, 0.05) is 84.3 Å². The Morgan fingerprint density at radius 2 is 1.61 bits per heavy atom. The van der Waals surface area contributed by atoms with Gasteiger partial charge < -0.3 is 59.7 Å². The summed E-state index contributed by atoms with van der Waals surface area (Å²) in [6.07, 6.45) is 0.352. The van der Waals surface area contributed by atoms with Crippen molar-refractivity contribution in [3.05, 3.63) is 99.6 Å². The number of hydrogen-bond acceptors (Lipinski definition) is 19. The minimum absolute atomic E-state index is 0.0299. The van der Waals surface area contributed by atoms with Crippen LogP contribution in [-0.2, 0) is 40.9 Å². The topological polar surface area (TPSA) is 336 Å². The Morgan fingerprint density at radius 3 is 2.35 bits per heavy atom. The van der Waals surface area contributed by atoms with Crippen LogP contribution in [0.25, 0.3) is 16.7 Å². The molecule has 4 aliphatic heterocycles. The first-order valence-corrected chi connectivity index (χ1v) is 33.2. The third kappa shape index (κ3) is 13.8. The number of nitrogens with one attached hydrogen (secondary N) is 1. The zero-order chi connectivity index (χ0) is 61.6. The molecule has 4 aliphatic rings. The van der Waals surface area contributed by atoms with E-state index in [4.69, 9.17) is 15.2 Å². The van der Waals surface area contributed by atoms with E-state index in [-0.39, 0.29) is 64.6 Å². The zero-order valence-corrected chi connectivity index (χ0v) is 52.1. The zero-order valence-electron chi connectivity index (χ0n) is 49.4. The number of nitrogens with two attached hydrogens (primary N) is 1. The maximum absolute atomic E-state index is 14.7. The van der Waals surface area contributed by atoms with Crippen LogP contribution in [0.15, 0.2) is 61.2 Å². The second kappa shape index (κ2) is 25.3. The Bertz CT molecular complexity index is 3640. The molecule has 3 aromatic carbocycles. The Hall–Kier alpha value is -5.49. The average Bonchev–Trinajstić information content (AvgIpc) is 1.58. The number of rotatable bonds is 24. The highest BCUT2D eigenvalue weighted by Crippen LogP contribution is 2.66. The molecule has 28 heteroatoms. The molecule has 462 valence electrons. The molecule has 5 unspecified atom stereocenters. The van der Waals surface area contributed by atoms with Gasteiger partial charge in [0.15, 0.2) is 23.2 Å². The first kappa shape index (κ1) is 64.0. The van der Waals surface area contributed by atoms with E-state index in [2.05, 4.69) is 127 Å². The molecular formula is C57H78N9O16P3. The molecular weight excluding hydrogens is 1160 g/mol. The van der Waals surface area contributed by atoms with Crippen molar-refractivity contribution in [2.24, 2.45) is 0 Å². The fourth-order valence-electron chi connectivity index (χ4n) is 12.7. The van der Waals surface area contributed by atoms with Crippen molar-refractivity contribution in [1.82, 2.24) is 34.3 Å². The summed E-state index contributed by atoms with van der Waals surface area (Å²) in [6, 6.07) is 16.7. The van der Waals surface area contributed by atoms with Crippen LogP contribution in [0.5, 0.6) is 11.5 Å². The monoisotopic (exact) mass is 1240 g/mol. The van der Waals surface area contributed by atoms with Gasteiger partial charge in [-0.25, -0.2) is 33.0 Å². The van der Waals surface area contributed by atoms with Crippen LogP contribution in [0.2, 0.25) is 0 Å². The number of hydrogen-bond donors (Lipinski definition) is 6. The molecule has 7 N–H and O–H groups in total. The summed E-state index contributed by atoms with van der Waals surface area (Å²) < 4.78 is 71.3. The van der Waals surface area contributed by atoms with Crippen LogP contribution in [0.3, 0.4) is 0 Å². The Morgan fingerprint density at radius 1 is 0.882 bits per heavy atom. The number of unbranched alkanes of at least 4 members (excludes halogenated alkanes) is 3. The number of ether oxygens (including phenoxy) is 2. The smallest absolute Gasteiger partial charge is 0.487 e. The Balaban J connectivity index is 0.743. The summed E-state index contributed by atoms with van der Waals surface area (Å²) in [6.45, 7) is 19.0. The number of benzene rings is 3. The van der Waals surface area contributed by atoms with E-state index in [1.807, 2.05) is 24.3 Å². The van der Waals surface area contributed by atoms with E-state index in [1.165, 1.54) is 22.0 Å². The highest BCUT2D eigenvalue weighted by Gasteiger charge is 2.47. The first-order valence-electron chi connectivity index (χ1n) is 28.8. The fourth-order valence-corrected chi connectivity index (χ4v) is 16.2. The lowest BCUT2D eigenvalue weighted by Crippen LogP contribution is -2.52. The van der Waals surface area contributed by atoms with Gasteiger partial charge in [0.2, 0.25) is 11.3 Å². The lowest BCUT2D eigenvalue weighted by molar-refractivity contribution is -0.218. The number of fused-ring (bicyclic) bond motifs is 5. The minimum atomic E-state index is -5.86. The van der Waals surface area contributed by atoms with Crippen molar-refractivity contribution in [1.29, 1.82) is 0 Å². The summed E-state index contributed by atoms with van der Waals surface area (Å²) in [4.78, 5) is 76.2. The average molecular weight is 1240 g/mol. The second-order valence-corrected chi connectivity index (χ2v) is 28.2. The summed E-state index contributed by atoms with van der Waals surface area (Å²) in [7, 11) is -15.3. The number of nitrogen functional groups attached to an aromatic ring is 1. The normalized spacial score (nSPS) is 23.4. The maximum atomic E-state index is 14.7. The van der Waals surface area contributed by atoms with Gasteiger partial charge in [0.1, 0.15) is 48.2 Å². The number of phosphoric ester groups is 2. The molecule has 0 saturated carbocycles. The van der Waals surface area contributed by atoms with E-state index in [1.54, 1.807) is 11.9 Å². The number of aliphatic hydroxyl groups excluding tert-OH is 2. The number of amides is 2. The Kier molecular flexibility index (Phi) is 19.1. The van der Waals surface area contributed by atoms with Crippen molar-refractivity contribution in [2.75, 3.05) is 57.1 Å². The quantitative estimate of drug-likeness (QED) is 0.0221. The van der Waals surface area contributed by atoms with Gasteiger partial charge in [0.25, 0.3) is 13.7 Å². The highest BCUT2D eigenvalue weighted by molar-refractivity contribution is 7.66. The van der Waals surface area contributed by atoms with E-state index in [0.29, 0.717) is 44.3 Å². The SMILES string of the molecule is CCN1c2cc3c(cc2C(C)CC1(C)C)C(c1ccccc1C(=O)N(C)CCCC(=O)NCCCCCCOP(=O)([O-])OP(=O)(O)OP(=O)(O)OC[C@H]1O[C@@H](n2cnc4c(N)ncnc42)[C@H](O)[C@@H]1O)=c1cc2c(cc1O3)=[N+](CC)C(C)(C)CC2C. The summed E-state index contributed by atoms with van der Waals surface area (Å²) in [5.41, 5.74) is 12.9. The minimum Gasteiger partial charge on any atom is -0.756 e. The largest absolute Gasteiger partial charge is 0.756 e. The van der Waals surface area contributed by atoms with Gasteiger partial charge >= 0.3 is 15.6 Å². The molecule has 0 radical (unpaired) electrons. The van der Waals surface area contributed by atoms with Crippen LogP contribution in [0, 0.1) is 0 Å². The molecule has 6 heterocycles. The van der Waals surface area contributed by atoms with Gasteiger partial charge in [-0.1, -0.05) is 44.9 Å². The van der Waals surface area contributed by atoms with E-state index >= 15 is 0 Å². The van der Waals surface area contributed by atoms with Crippen molar-refractivity contribution in [2.45, 2.75) is 154 Å². The molecule has 85 heavy (non-hydrogen) atoms. The van der Waals surface area contributed by atoms with Crippen molar-refractivity contribution < 1.29 is 75.3 Å². The van der Waals surface area contributed by atoms with Gasteiger partial charge in [-0.05, 0) is 108 Å². The number of aromatic nitrogens is 4. The second-order valence-electron chi connectivity index (χ2n) is 23.6. The molecule has 2 amide bonds. The molecule has 0 bridgehead atoms. The summed E-state index contributed by atoms with van der Waals surface area (Å²) in [5.74, 6) is 1.73. The molecule has 2 aromatic heterocycles. The van der Waals surface area contributed by atoms with Crippen LogP contribution in [0.4, 0.5) is 11.5 Å². The predicted octanol–water partition coefficient (Wildman–Crippen LogP) is 6.25. The van der Waals surface area contributed by atoms with E-state index in [9.17, 15) is 48.2 Å². The van der Waals surface area contributed by atoms with Gasteiger partial charge in [-0.2, -0.15) is 4.31 Å². The van der Waals surface area contributed by atoms with E-state index in [0.717, 1.165) is 76.7 Å². The van der Waals surface area contributed by atoms with Crippen molar-refractivity contribution in [3.8, 4) is 11.5 Å². The standard InChI is InChI=1S/C57H78N9O16P3/c1-10-65-42-27-44-40(25-38(42)34(3)29-56(65,5)6)48(41-26-39-35(4)30-57(7,8)66(11-2)43(39)28-45(41)79-44)36-19-14-15-20-37(36)54(70)63(9)23-18-21-47(67)59-22-16-12-13-17-24-77-83(71,72)81-85(75,76)82-84(73,74)78-31-46-50(68)51(69)55(80-46)64-33-62-49-52(58)60-32-61-53(49)64/h14-15,19-20,25-28,32-35,46,50-51,55,68-69H,10-13,16-18,21-24,29-31H2,1-9H3,(H5-,58,59,60,61,67,71,72,73,74,75,76)/t34?,35?,46-,50-,51-,55-/m1/s1. The molecule has 1 fully saturated rings. The number of anilines is 2. The van der Waals surface area contributed by atoms with Crippen molar-refractivity contribution in [3.63, 3.8) is 0 Å². The third-order valence-electron chi connectivity index (χ3n) is 16.5. The summed E-state index contributed by atoms with van der Waals surface area (Å²) in [5, 5.41) is 26.2.